The second-order valence-electron chi connectivity index (χ2n) is 6.67. The largest absolute Gasteiger partial charge is 0.483 e. The first-order chi connectivity index (χ1) is 14.6. The fourth-order valence-electron chi connectivity index (χ4n) is 3.02. The topological polar surface area (TPSA) is 51.2 Å². The van der Waals surface area contributed by atoms with Gasteiger partial charge in [0.25, 0.3) is 5.91 Å². The van der Waals surface area contributed by atoms with Crippen LogP contribution in [-0.2, 0) is 4.79 Å². The third-order valence-corrected chi connectivity index (χ3v) is 5.41. The van der Waals surface area contributed by atoms with Gasteiger partial charge in [0.2, 0.25) is 0 Å². The molecule has 1 aromatic heterocycles. The Labute approximate surface area is 178 Å². The van der Waals surface area contributed by atoms with Gasteiger partial charge < -0.3 is 10.1 Å². The molecule has 4 rings (SSSR count). The van der Waals surface area contributed by atoms with Crippen LogP contribution in [-0.4, -0.2) is 17.5 Å². The van der Waals surface area contributed by atoms with Gasteiger partial charge in [-0.05, 0) is 36.8 Å². The average Bonchev–Trinajstić information content (AvgIpc) is 3.24. The van der Waals surface area contributed by atoms with Gasteiger partial charge in [-0.25, -0.2) is 9.37 Å². The van der Waals surface area contributed by atoms with Crippen LogP contribution in [0.3, 0.4) is 0 Å². The van der Waals surface area contributed by atoms with E-state index in [4.69, 9.17) is 4.74 Å². The zero-order chi connectivity index (χ0) is 20.9. The number of ether oxygens (including phenoxy) is 1. The Morgan fingerprint density at radius 2 is 1.70 bits per heavy atom. The third-order valence-electron chi connectivity index (χ3n) is 4.54. The molecule has 0 saturated carbocycles. The number of aromatic nitrogens is 1. The van der Waals surface area contributed by atoms with E-state index < -0.39 is 0 Å². The van der Waals surface area contributed by atoms with Gasteiger partial charge in [0.05, 0.1) is 11.4 Å². The second-order valence-corrected chi connectivity index (χ2v) is 7.52. The average molecular weight is 418 g/mol. The molecule has 0 aliphatic heterocycles. The lowest BCUT2D eigenvalue weighted by molar-refractivity contribution is -0.118. The number of anilines is 1. The van der Waals surface area contributed by atoms with Gasteiger partial charge in [-0.3, -0.25) is 4.79 Å². The molecular weight excluding hydrogens is 399 g/mol. The lowest BCUT2D eigenvalue weighted by Gasteiger charge is -2.11. The van der Waals surface area contributed by atoms with Crippen molar-refractivity contribution < 1.29 is 13.9 Å². The predicted octanol–water partition coefficient (Wildman–Crippen LogP) is 5.94. The van der Waals surface area contributed by atoms with Gasteiger partial charge >= 0.3 is 0 Å². The summed E-state index contributed by atoms with van der Waals surface area (Å²) in [6, 6.07) is 21.5. The molecule has 30 heavy (non-hydrogen) atoms. The molecule has 0 spiro atoms. The summed E-state index contributed by atoms with van der Waals surface area (Å²) in [5.41, 5.74) is 3.49. The summed E-state index contributed by atoms with van der Waals surface area (Å²) in [7, 11) is 0. The van der Waals surface area contributed by atoms with Crippen LogP contribution >= 0.6 is 11.3 Å². The molecular formula is C24H19FN2O2S. The van der Waals surface area contributed by atoms with E-state index in [-0.39, 0.29) is 18.3 Å². The number of hydrogen-bond donors (Lipinski definition) is 1. The molecule has 0 aliphatic rings. The minimum Gasteiger partial charge on any atom is -0.483 e. The molecule has 1 N–H and O–H groups in total. The molecule has 0 radical (unpaired) electrons. The number of halogens is 1. The Balaban J connectivity index is 1.51. The van der Waals surface area contributed by atoms with Crippen LogP contribution < -0.4 is 10.1 Å². The van der Waals surface area contributed by atoms with E-state index in [0.717, 1.165) is 11.1 Å². The molecule has 1 amide bonds. The van der Waals surface area contributed by atoms with Gasteiger partial charge in [-0.15, -0.1) is 11.3 Å². The molecule has 0 fully saturated rings. The fraction of sp³-hybridized carbons (Fsp3) is 0.0833. The number of amides is 1. The summed E-state index contributed by atoms with van der Waals surface area (Å²) in [6.45, 7) is 1.83. The molecule has 150 valence electrons. The van der Waals surface area contributed by atoms with Crippen molar-refractivity contribution in [3.8, 4) is 27.6 Å². The van der Waals surface area contributed by atoms with Crippen LogP contribution in [0.15, 0.2) is 78.2 Å². The number of para-hydroxylation sites is 2. The molecule has 0 unspecified atom stereocenters. The van der Waals surface area contributed by atoms with Crippen molar-refractivity contribution >= 4 is 22.9 Å². The van der Waals surface area contributed by atoms with E-state index >= 15 is 0 Å². The Kier molecular flexibility index (Phi) is 5.86. The number of rotatable bonds is 6. The van der Waals surface area contributed by atoms with Gasteiger partial charge in [0, 0.05) is 16.5 Å². The lowest BCUT2D eigenvalue weighted by atomic mass is 10.1. The number of thiazole rings is 1. The normalized spacial score (nSPS) is 10.6. The van der Waals surface area contributed by atoms with Crippen LogP contribution in [0.5, 0.6) is 5.75 Å². The molecule has 0 atom stereocenters. The second kappa shape index (κ2) is 8.88. The highest BCUT2D eigenvalue weighted by Crippen LogP contribution is 2.33. The molecule has 1 heterocycles. The van der Waals surface area contributed by atoms with E-state index in [1.165, 1.54) is 17.4 Å². The summed E-state index contributed by atoms with van der Waals surface area (Å²) in [5.74, 6) is 0.0959. The van der Waals surface area contributed by atoms with Crippen LogP contribution in [0.25, 0.3) is 21.8 Å². The first-order valence-electron chi connectivity index (χ1n) is 9.40. The third kappa shape index (κ3) is 4.39. The maximum atomic E-state index is 14.1. The summed E-state index contributed by atoms with van der Waals surface area (Å²) in [4.78, 5) is 17.0. The molecule has 4 nitrogen and oxygen atoms in total. The number of carbonyl (C=O) groups is 1. The van der Waals surface area contributed by atoms with E-state index in [1.54, 1.807) is 18.2 Å². The Hall–Kier alpha value is -3.51. The first-order valence-corrected chi connectivity index (χ1v) is 10.3. The SMILES string of the molecule is Cc1ccccc1OCC(=O)Nc1ccccc1-c1csc(-c2ccccc2F)n1. The molecule has 0 aliphatic carbocycles. The molecule has 0 bridgehead atoms. The number of nitrogens with one attached hydrogen (secondary N) is 1. The minimum atomic E-state index is -0.312. The number of carbonyl (C=O) groups excluding carboxylic acids is 1. The minimum absolute atomic E-state index is 0.100. The first kappa shape index (κ1) is 19.8. The highest BCUT2D eigenvalue weighted by atomic mass is 32.1. The van der Waals surface area contributed by atoms with Crippen molar-refractivity contribution in [2.45, 2.75) is 6.92 Å². The van der Waals surface area contributed by atoms with Gasteiger partial charge in [-0.1, -0.05) is 48.5 Å². The van der Waals surface area contributed by atoms with Crippen LogP contribution in [0.2, 0.25) is 0 Å². The van der Waals surface area contributed by atoms with E-state index in [2.05, 4.69) is 10.3 Å². The maximum absolute atomic E-state index is 14.1. The zero-order valence-corrected chi connectivity index (χ0v) is 17.1. The number of nitrogens with zero attached hydrogens (tertiary/aromatic N) is 1. The maximum Gasteiger partial charge on any atom is 0.262 e. The fourth-order valence-corrected chi connectivity index (χ4v) is 3.87. The standard InChI is InChI=1S/C24H19FN2O2S/c1-16-8-2-7-13-22(16)29-14-23(28)26-20-12-6-4-10-18(20)21-15-30-24(27-21)17-9-3-5-11-19(17)25/h2-13,15H,14H2,1H3,(H,26,28). The van der Waals surface area contributed by atoms with E-state index in [9.17, 15) is 9.18 Å². The van der Waals surface area contributed by atoms with Gasteiger partial charge in [0.1, 0.15) is 16.6 Å². The smallest absolute Gasteiger partial charge is 0.262 e. The van der Waals surface area contributed by atoms with Crippen molar-refractivity contribution in [1.82, 2.24) is 4.98 Å². The lowest BCUT2D eigenvalue weighted by Crippen LogP contribution is -2.20. The van der Waals surface area contributed by atoms with E-state index in [1.807, 2.05) is 60.8 Å². The number of hydrogen-bond acceptors (Lipinski definition) is 4. The van der Waals surface area contributed by atoms with Crippen molar-refractivity contribution in [3.05, 3.63) is 89.6 Å². The van der Waals surface area contributed by atoms with Gasteiger partial charge in [-0.2, -0.15) is 0 Å². The van der Waals surface area contributed by atoms with E-state index in [0.29, 0.717) is 27.7 Å². The summed E-state index contributed by atoms with van der Waals surface area (Å²) in [5, 5.41) is 5.33. The quantitative estimate of drug-likeness (QED) is 0.421. The van der Waals surface area contributed by atoms with Crippen LogP contribution in [0.4, 0.5) is 10.1 Å². The Bertz CT molecular complexity index is 1190. The predicted molar refractivity (Wildman–Crippen MR) is 118 cm³/mol. The van der Waals surface area contributed by atoms with Crippen molar-refractivity contribution in [2.75, 3.05) is 11.9 Å². The molecule has 0 saturated heterocycles. The molecule has 6 heteroatoms. The number of benzene rings is 3. The van der Waals surface area contributed by atoms with Crippen LogP contribution in [0.1, 0.15) is 5.56 Å². The Morgan fingerprint density at radius 1 is 1.00 bits per heavy atom. The highest BCUT2D eigenvalue weighted by molar-refractivity contribution is 7.13. The monoisotopic (exact) mass is 418 g/mol. The zero-order valence-electron chi connectivity index (χ0n) is 16.3. The summed E-state index contributed by atoms with van der Waals surface area (Å²) >= 11 is 1.36. The van der Waals surface area contributed by atoms with Gasteiger partial charge in [0.15, 0.2) is 6.61 Å². The van der Waals surface area contributed by atoms with Crippen molar-refractivity contribution in [3.63, 3.8) is 0 Å². The highest BCUT2D eigenvalue weighted by Gasteiger charge is 2.14. The van der Waals surface area contributed by atoms with Crippen LogP contribution in [0, 0.1) is 12.7 Å². The summed E-state index contributed by atoms with van der Waals surface area (Å²) in [6.07, 6.45) is 0. The Morgan fingerprint density at radius 3 is 2.50 bits per heavy atom. The van der Waals surface area contributed by atoms with Crippen molar-refractivity contribution in [1.29, 1.82) is 0 Å². The molecule has 3 aromatic carbocycles. The van der Waals surface area contributed by atoms with Crippen molar-refractivity contribution in [2.24, 2.45) is 0 Å². The summed E-state index contributed by atoms with van der Waals surface area (Å²) < 4.78 is 19.7. The number of aryl methyl sites for hydroxylation is 1. The molecule has 4 aromatic rings.